The van der Waals surface area contributed by atoms with Crippen molar-refractivity contribution in [1.29, 1.82) is 0 Å². The van der Waals surface area contributed by atoms with Crippen LogP contribution in [0.4, 0.5) is 4.79 Å². The zero-order valence-electron chi connectivity index (χ0n) is 15.1. The van der Waals surface area contributed by atoms with Gasteiger partial charge in [-0.05, 0) is 59.1 Å². The predicted molar refractivity (Wildman–Crippen MR) is 91.7 cm³/mol. The summed E-state index contributed by atoms with van der Waals surface area (Å²) >= 11 is 0. The molecule has 136 valence electrons. The maximum absolute atomic E-state index is 12.1. The van der Waals surface area contributed by atoms with E-state index in [2.05, 4.69) is 12.2 Å². The fourth-order valence-corrected chi connectivity index (χ4v) is 2.96. The number of carbonyl (C=O) groups excluding carboxylic acids is 1. The van der Waals surface area contributed by atoms with E-state index in [9.17, 15) is 9.90 Å². The molecule has 1 aliphatic rings. The molecule has 0 aromatic carbocycles. The molecule has 0 bridgehead atoms. The third-order valence-corrected chi connectivity index (χ3v) is 4.12. The number of aliphatic hydroxyl groups is 1. The number of furan rings is 1. The van der Waals surface area contributed by atoms with Crippen LogP contribution in [0.1, 0.15) is 58.8 Å². The van der Waals surface area contributed by atoms with Crippen LogP contribution in [0.25, 0.3) is 0 Å². The molecule has 6 heteroatoms. The van der Waals surface area contributed by atoms with E-state index in [4.69, 9.17) is 9.15 Å². The van der Waals surface area contributed by atoms with Crippen LogP contribution in [0.3, 0.4) is 0 Å². The lowest BCUT2D eigenvalue weighted by Gasteiger charge is -2.35. The van der Waals surface area contributed by atoms with E-state index in [0.29, 0.717) is 31.3 Å². The predicted octanol–water partition coefficient (Wildman–Crippen LogP) is 3.08. The molecule has 0 radical (unpaired) electrons. The smallest absolute Gasteiger partial charge is 0.410 e. The first-order valence-electron chi connectivity index (χ1n) is 8.70. The highest BCUT2D eigenvalue weighted by Crippen LogP contribution is 2.20. The Kier molecular flexibility index (Phi) is 6.29. The van der Waals surface area contributed by atoms with E-state index >= 15 is 0 Å². The number of piperidine rings is 1. The summed E-state index contributed by atoms with van der Waals surface area (Å²) in [5.41, 5.74) is -0.456. The van der Waals surface area contributed by atoms with Crippen LogP contribution in [-0.2, 0) is 4.74 Å². The van der Waals surface area contributed by atoms with Gasteiger partial charge < -0.3 is 24.5 Å². The molecule has 0 saturated carbocycles. The molecule has 2 unspecified atom stereocenters. The maximum Gasteiger partial charge on any atom is 0.410 e. The Morgan fingerprint density at radius 2 is 2.12 bits per heavy atom. The number of nitrogens with zero attached hydrogens (tertiary/aromatic N) is 1. The summed E-state index contributed by atoms with van der Waals surface area (Å²) in [6, 6.07) is 4.09. The Labute approximate surface area is 144 Å². The number of hydrogen-bond donors (Lipinski definition) is 2. The van der Waals surface area contributed by atoms with Crippen LogP contribution in [-0.4, -0.2) is 46.9 Å². The van der Waals surface area contributed by atoms with Gasteiger partial charge in [0.05, 0.1) is 6.26 Å². The molecule has 6 nitrogen and oxygen atoms in total. The van der Waals surface area contributed by atoms with E-state index < -0.39 is 11.7 Å². The van der Waals surface area contributed by atoms with Gasteiger partial charge in [-0.15, -0.1) is 0 Å². The minimum Gasteiger partial charge on any atom is -0.467 e. The third kappa shape index (κ3) is 5.83. The van der Waals surface area contributed by atoms with E-state index in [-0.39, 0.29) is 12.1 Å². The number of rotatable bonds is 5. The molecule has 1 aromatic rings. The van der Waals surface area contributed by atoms with Crippen molar-refractivity contribution in [3.63, 3.8) is 0 Å². The lowest BCUT2D eigenvalue weighted by molar-refractivity contribution is 0.0194. The molecule has 2 atom stereocenters. The van der Waals surface area contributed by atoms with E-state index in [1.54, 1.807) is 23.3 Å². The Morgan fingerprint density at radius 3 is 2.67 bits per heavy atom. The van der Waals surface area contributed by atoms with Crippen molar-refractivity contribution in [3.8, 4) is 0 Å². The van der Waals surface area contributed by atoms with Crippen molar-refractivity contribution >= 4 is 6.09 Å². The van der Waals surface area contributed by atoms with Gasteiger partial charge in [-0.2, -0.15) is 0 Å². The van der Waals surface area contributed by atoms with Crippen molar-refractivity contribution in [2.24, 2.45) is 0 Å². The molecule has 24 heavy (non-hydrogen) atoms. The number of amides is 1. The maximum atomic E-state index is 12.1. The number of hydrogen-bond acceptors (Lipinski definition) is 5. The van der Waals surface area contributed by atoms with Gasteiger partial charge in [-0.25, -0.2) is 4.79 Å². The van der Waals surface area contributed by atoms with Gasteiger partial charge >= 0.3 is 6.09 Å². The molecule has 1 amide bonds. The highest BCUT2D eigenvalue weighted by molar-refractivity contribution is 5.68. The number of carbonyl (C=O) groups is 1. The van der Waals surface area contributed by atoms with Gasteiger partial charge in [0.2, 0.25) is 0 Å². The largest absolute Gasteiger partial charge is 0.467 e. The summed E-state index contributed by atoms with van der Waals surface area (Å²) in [5.74, 6) is 0.600. The molecule has 0 aliphatic carbocycles. The summed E-state index contributed by atoms with van der Waals surface area (Å²) in [6.07, 6.45) is 3.12. The second kappa shape index (κ2) is 8.03. The van der Waals surface area contributed by atoms with Gasteiger partial charge in [-0.1, -0.05) is 0 Å². The van der Waals surface area contributed by atoms with E-state index in [1.165, 1.54) is 0 Å². The minimum absolute atomic E-state index is 0.170. The molecule has 0 spiro atoms. The van der Waals surface area contributed by atoms with Crippen LogP contribution < -0.4 is 5.32 Å². The van der Waals surface area contributed by atoms with Crippen molar-refractivity contribution in [1.82, 2.24) is 10.2 Å². The number of nitrogens with one attached hydrogen (secondary N) is 1. The summed E-state index contributed by atoms with van der Waals surface area (Å²) in [5, 5.41) is 13.7. The quantitative estimate of drug-likeness (QED) is 0.863. The molecule has 2 heterocycles. The van der Waals surface area contributed by atoms with Crippen molar-refractivity contribution in [2.45, 2.75) is 70.7 Å². The average Bonchev–Trinajstić information content (AvgIpc) is 3.00. The molecule has 2 N–H and O–H groups in total. The third-order valence-electron chi connectivity index (χ3n) is 4.12. The van der Waals surface area contributed by atoms with Crippen molar-refractivity contribution in [3.05, 3.63) is 24.2 Å². The highest BCUT2D eigenvalue weighted by Gasteiger charge is 2.27. The first-order valence-corrected chi connectivity index (χ1v) is 8.70. The van der Waals surface area contributed by atoms with Crippen molar-refractivity contribution < 1.29 is 19.1 Å². The van der Waals surface area contributed by atoms with Gasteiger partial charge in [0.1, 0.15) is 17.5 Å². The van der Waals surface area contributed by atoms with Gasteiger partial charge in [-0.3, -0.25) is 0 Å². The molecule has 1 saturated heterocycles. The first-order chi connectivity index (χ1) is 11.2. The second-order valence-electron chi connectivity index (χ2n) is 7.58. The average molecular weight is 338 g/mol. The summed E-state index contributed by atoms with van der Waals surface area (Å²) in [4.78, 5) is 13.8. The Morgan fingerprint density at radius 1 is 1.46 bits per heavy atom. The standard InChI is InChI=1S/C18H30N2O4/c1-13(12-15(21)16-6-5-11-23-16)19-14-7-9-20(10-8-14)17(22)24-18(2,3)4/h5-6,11,13-15,19,21H,7-10,12H2,1-4H3. The summed E-state index contributed by atoms with van der Waals surface area (Å²) in [6.45, 7) is 9.09. The van der Waals surface area contributed by atoms with Crippen LogP contribution in [0.15, 0.2) is 22.8 Å². The molecule has 1 fully saturated rings. The van der Waals surface area contributed by atoms with Gasteiger partial charge in [0, 0.05) is 25.2 Å². The topological polar surface area (TPSA) is 74.9 Å². The van der Waals surface area contributed by atoms with Crippen LogP contribution >= 0.6 is 0 Å². The second-order valence-corrected chi connectivity index (χ2v) is 7.58. The van der Waals surface area contributed by atoms with Crippen LogP contribution in [0.5, 0.6) is 0 Å². The molecule has 1 aliphatic heterocycles. The van der Waals surface area contributed by atoms with Gasteiger partial charge in [0.15, 0.2) is 0 Å². The van der Waals surface area contributed by atoms with E-state index in [1.807, 2.05) is 20.8 Å². The van der Waals surface area contributed by atoms with E-state index in [0.717, 1.165) is 12.8 Å². The minimum atomic E-state index is -0.593. The zero-order valence-corrected chi connectivity index (χ0v) is 15.1. The monoisotopic (exact) mass is 338 g/mol. The highest BCUT2D eigenvalue weighted by atomic mass is 16.6. The first kappa shape index (κ1) is 18.8. The zero-order chi connectivity index (χ0) is 17.7. The number of aliphatic hydroxyl groups excluding tert-OH is 1. The van der Waals surface area contributed by atoms with Gasteiger partial charge in [0.25, 0.3) is 0 Å². The summed E-state index contributed by atoms with van der Waals surface area (Å²) in [7, 11) is 0. The van der Waals surface area contributed by atoms with Crippen LogP contribution in [0.2, 0.25) is 0 Å². The lowest BCUT2D eigenvalue weighted by atomic mass is 10.0. The Balaban J connectivity index is 1.71. The summed E-state index contributed by atoms with van der Waals surface area (Å²) < 4.78 is 10.6. The molecular formula is C18H30N2O4. The Bertz CT molecular complexity index is 502. The van der Waals surface area contributed by atoms with Crippen LogP contribution in [0, 0.1) is 0 Å². The SMILES string of the molecule is CC(CC(O)c1ccco1)NC1CCN(C(=O)OC(C)(C)C)CC1. The fourth-order valence-electron chi connectivity index (χ4n) is 2.96. The van der Waals surface area contributed by atoms with Crippen molar-refractivity contribution in [2.75, 3.05) is 13.1 Å². The molecular weight excluding hydrogens is 308 g/mol. The Hall–Kier alpha value is -1.53. The fraction of sp³-hybridized carbons (Fsp3) is 0.722. The number of likely N-dealkylation sites (tertiary alicyclic amines) is 1. The number of ether oxygens (including phenoxy) is 1. The molecule has 2 rings (SSSR count). The lowest BCUT2D eigenvalue weighted by Crippen LogP contribution is -2.48. The molecule has 1 aromatic heterocycles. The normalized spacial score (nSPS) is 19.1.